The molecule has 1 atom stereocenters. The van der Waals surface area contributed by atoms with E-state index in [0.29, 0.717) is 0 Å². The van der Waals surface area contributed by atoms with Gasteiger partial charge < -0.3 is 10.0 Å². The van der Waals surface area contributed by atoms with Crippen molar-refractivity contribution in [3.8, 4) is 0 Å². The fraction of sp³-hybridized carbons (Fsp3) is 0.583. The predicted octanol–water partition coefficient (Wildman–Crippen LogP) is 2.08. The number of aliphatic hydroxyl groups is 1. The zero-order chi connectivity index (χ0) is 12.5. The van der Waals surface area contributed by atoms with Crippen molar-refractivity contribution in [2.75, 3.05) is 18.0 Å². The average Bonchev–Trinajstić information content (AvgIpc) is 2.33. The van der Waals surface area contributed by atoms with Crippen LogP contribution in [0.15, 0.2) is 23.5 Å². The number of nitroso groups, excluding NO2 is 1. The molecule has 1 fully saturated rings. The van der Waals surface area contributed by atoms with E-state index in [-0.39, 0.29) is 17.3 Å². The van der Waals surface area contributed by atoms with Gasteiger partial charge in [0.2, 0.25) is 0 Å². The first-order valence-corrected chi connectivity index (χ1v) is 5.75. The first-order chi connectivity index (χ1) is 8.03. The first-order valence-electron chi connectivity index (χ1n) is 5.75. The summed E-state index contributed by atoms with van der Waals surface area (Å²) in [6, 6.07) is 3.46. The van der Waals surface area contributed by atoms with Crippen LogP contribution in [0.4, 0.5) is 11.5 Å². The molecular weight excluding hydrogens is 218 g/mol. The quantitative estimate of drug-likeness (QED) is 0.797. The number of pyridine rings is 1. The van der Waals surface area contributed by atoms with Gasteiger partial charge in [0.05, 0.1) is 18.0 Å². The van der Waals surface area contributed by atoms with Gasteiger partial charge in [-0.05, 0) is 23.7 Å². The van der Waals surface area contributed by atoms with Crippen LogP contribution in [0.3, 0.4) is 0 Å². The number of piperidine rings is 1. The Labute approximate surface area is 100 Å². The Morgan fingerprint density at radius 1 is 1.53 bits per heavy atom. The Morgan fingerprint density at radius 3 is 2.82 bits per heavy atom. The van der Waals surface area contributed by atoms with Crippen LogP contribution in [0.2, 0.25) is 0 Å². The summed E-state index contributed by atoms with van der Waals surface area (Å²) in [5, 5.41) is 12.7. The Morgan fingerprint density at radius 2 is 2.29 bits per heavy atom. The van der Waals surface area contributed by atoms with Crippen LogP contribution in [0, 0.1) is 10.3 Å². The lowest BCUT2D eigenvalue weighted by atomic mass is 9.81. The summed E-state index contributed by atoms with van der Waals surface area (Å²) in [5.41, 5.74) is 0.845. The van der Waals surface area contributed by atoms with Crippen molar-refractivity contribution >= 4 is 11.5 Å². The molecule has 0 saturated carbocycles. The molecular formula is C12H17N3O2. The molecule has 0 radical (unpaired) electrons. The van der Waals surface area contributed by atoms with Crippen LogP contribution < -0.4 is 4.90 Å². The molecule has 1 aliphatic heterocycles. The maximum Gasteiger partial charge on any atom is 0.196 e. The second-order valence-electron chi connectivity index (χ2n) is 5.18. The van der Waals surface area contributed by atoms with Gasteiger partial charge in [-0.25, -0.2) is 4.98 Å². The Bertz CT molecular complexity index is 403. The summed E-state index contributed by atoms with van der Waals surface area (Å²) in [4.78, 5) is 16.4. The van der Waals surface area contributed by atoms with Gasteiger partial charge >= 0.3 is 0 Å². The number of anilines is 1. The summed E-state index contributed by atoms with van der Waals surface area (Å²) < 4.78 is 0. The SMILES string of the molecule is CC1(C)CN(c2ccc(N=O)nc2)CCC1O. The van der Waals surface area contributed by atoms with Gasteiger partial charge in [0.15, 0.2) is 5.82 Å². The van der Waals surface area contributed by atoms with Gasteiger partial charge in [0.1, 0.15) is 0 Å². The van der Waals surface area contributed by atoms with Crippen molar-refractivity contribution in [3.63, 3.8) is 0 Å². The molecule has 2 heterocycles. The van der Waals surface area contributed by atoms with E-state index in [1.165, 1.54) is 0 Å². The molecule has 1 aromatic heterocycles. The smallest absolute Gasteiger partial charge is 0.196 e. The van der Waals surface area contributed by atoms with Gasteiger partial charge in [-0.2, -0.15) is 0 Å². The number of aromatic nitrogens is 1. The van der Waals surface area contributed by atoms with E-state index >= 15 is 0 Å². The van der Waals surface area contributed by atoms with Crippen molar-refractivity contribution in [2.45, 2.75) is 26.4 Å². The topological polar surface area (TPSA) is 65.8 Å². The van der Waals surface area contributed by atoms with Crippen LogP contribution in [0.25, 0.3) is 0 Å². The van der Waals surface area contributed by atoms with Gasteiger partial charge in [-0.3, -0.25) is 0 Å². The van der Waals surface area contributed by atoms with Crippen LogP contribution in [-0.4, -0.2) is 29.3 Å². The zero-order valence-corrected chi connectivity index (χ0v) is 10.1. The fourth-order valence-electron chi connectivity index (χ4n) is 2.18. The predicted molar refractivity (Wildman–Crippen MR) is 66.3 cm³/mol. The number of rotatable bonds is 2. The van der Waals surface area contributed by atoms with E-state index in [2.05, 4.69) is 28.9 Å². The second-order valence-corrected chi connectivity index (χ2v) is 5.18. The highest BCUT2D eigenvalue weighted by atomic mass is 16.3. The molecule has 92 valence electrons. The zero-order valence-electron chi connectivity index (χ0n) is 10.1. The van der Waals surface area contributed by atoms with Gasteiger partial charge in [0.25, 0.3) is 0 Å². The molecule has 1 N–H and O–H groups in total. The van der Waals surface area contributed by atoms with E-state index < -0.39 is 0 Å². The van der Waals surface area contributed by atoms with Crippen molar-refractivity contribution in [1.29, 1.82) is 0 Å². The second kappa shape index (κ2) is 4.41. The Balaban J connectivity index is 2.15. The maximum atomic E-state index is 10.3. The van der Waals surface area contributed by atoms with E-state index in [1.54, 1.807) is 12.3 Å². The molecule has 2 rings (SSSR count). The standard InChI is InChI=1S/C12H17N3O2/c1-12(2)8-15(6-5-10(12)16)9-3-4-11(14-17)13-7-9/h3-4,7,10,16H,5-6,8H2,1-2H3. The monoisotopic (exact) mass is 235 g/mol. The average molecular weight is 235 g/mol. The van der Waals surface area contributed by atoms with Gasteiger partial charge in [-0.1, -0.05) is 13.8 Å². The van der Waals surface area contributed by atoms with Crippen molar-refractivity contribution in [1.82, 2.24) is 4.98 Å². The van der Waals surface area contributed by atoms with Crippen LogP contribution in [0.5, 0.6) is 0 Å². The van der Waals surface area contributed by atoms with Crippen molar-refractivity contribution < 1.29 is 5.11 Å². The molecule has 1 aliphatic rings. The molecule has 0 spiro atoms. The molecule has 1 unspecified atom stereocenters. The number of hydrogen-bond acceptors (Lipinski definition) is 5. The molecule has 1 aromatic rings. The summed E-state index contributed by atoms with van der Waals surface area (Å²) in [6.45, 7) is 5.70. The highest BCUT2D eigenvalue weighted by Gasteiger charge is 2.34. The highest BCUT2D eigenvalue weighted by Crippen LogP contribution is 2.32. The third-order valence-electron chi connectivity index (χ3n) is 3.36. The molecule has 5 heteroatoms. The Hall–Kier alpha value is -1.49. The number of hydrogen-bond donors (Lipinski definition) is 1. The van der Waals surface area contributed by atoms with Crippen molar-refractivity contribution in [2.24, 2.45) is 10.6 Å². The van der Waals surface area contributed by atoms with Crippen LogP contribution in [-0.2, 0) is 0 Å². The summed E-state index contributed by atoms with van der Waals surface area (Å²) >= 11 is 0. The molecule has 0 aliphatic carbocycles. The summed E-state index contributed by atoms with van der Waals surface area (Å²) in [7, 11) is 0. The molecule has 5 nitrogen and oxygen atoms in total. The van der Waals surface area contributed by atoms with Gasteiger partial charge in [0, 0.05) is 18.5 Å². The summed E-state index contributed by atoms with van der Waals surface area (Å²) in [5.74, 6) is 0.199. The largest absolute Gasteiger partial charge is 0.392 e. The first kappa shape index (κ1) is 12.0. The minimum absolute atomic E-state index is 0.125. The fourth-order valence-corrected chi connectivity index (χ4v) is 2.18. The van der Waals surface area contributed by atoms with E-state index in [0.717, 1.165) is 25.2 Å². The normalized spacial score (nSPS) is 23.5. The minimum Gasteiger partial charge on any atom is -0.392 e. The highest BCUT2D eigenvalue weighted by molar-refractivity contribution is 5.48. The molecule has 17 heavy (non-hydrogen) atoms. The lowest BCUT2D eigenvalue weighted by Crippen LogP contribution is -2.48. The minimum atomic E-state index is -0.261. The molecule has 0 bridgehead atoms. The lowest BCUT2D eigenvalue weighted by Gasteiger charge is -2.42. The number of aliphatic hydroxyl groups excluding tert-OH is 1. The third-order valence-corrected chi connectivity index (χ3v) is 3.36. The Kier molecular flexibility index (Phi) is 3.11. The van der Waals surface area contributed by atoms with Crippen molar-refractivity contribution in [3.05, 3.63) is 23.2 Å². The van der Waals surface area contributed by atoms with E-state index in [9.17, 15) is 10.0 Å². The van der Waals surface area contributed by atoms with Crippen LogP contribution in [0.1, 0.15) is 20.3 Å². The van der Waals surface area contributed by atoms with Gasteiger partial charge in [-0.15, -0.1) is 4.91 Å². The maximum absolute atomic E-state index is 10.3. The third kappa shape index (κ3) is 2.44. The van der Waals surface area contributed by atoms with E-state index in [4.69, 9.17) is 0 Å². The summed E-state index contributed by atoms with van der Waals surface area (Å²) in [6.07, 6.45) is 2.15. The van der Waals surface area contributed by atoms with E-state index in [1.807, 2.05) is 6.07 Å². The van der Waals surface area contributed by atoms with Crippen LogP contribution >= 0.6 is 0 Å². The lowest BCUT2D eigenvalue weighted by molar-refractivity contribution is 0.0336. The molecule has 0 aromatic carbocycles. The molecule has 0 amide bonds. The number of nitrogens with zero attached hydrogens (tertiary/aromatic N) is 3. The molecule has 1 saturated heterocycles.